The first kappa shape index (κ1) is 16.4. The van der Waals surface area contributed by atoms with Crippen molar-refractivity contribution in [3.63, 3.8) is 0 Å². The average Bonchev–Trinajstić information content (AvgIpc) is 2.78. The summed E-state index contributed by atoms with van der Waals surface area (Å²) in [5, 5.41) is 9.39. The number of benzene rings is 2. The Morgan fingerprint density at radius 2 is 1.72 bits per heavy atom. The molecule has 0 saturated heterocycles. The lowest BCUT2D eigenvalue weighted by molar-refractivity contribution is 0.627. The third kappa shape index (κ3) is 3.00. The van der Waals surface area contributed by atoms with E-state index in [9.17, 15) is 4.39 Å². The largest absolute Gasteiger partial charge is 0.370 e. The third-order valence-electron chi connectivity index (χ3n) is 4.40. The topological polar surface area (TPSA) is 29.9 Å². The molecule has 1 aromatic heterocycles. The van der Waals surface area contributed by atoms with E-state index in [4.69, 9.17) is 28.3 Å². The highest BCUT2D eigenvalue weighted by atomic mass is 35.5. The van der Waals surface area contributed by atoms with Crippen molar-refractivity contribution in [1.29, 1.82) is 0 Å². The number of fused-ring (bicyclic) bond motifs is 1. The van der Waals surface area contributed by atoms with Crippen LogP contribution in [0, 0.1) is 5.82 Å². The SMILES string of the molecule is Fc1ccc(-n2nc(-c3c(Cl)cccc3Cl)c3c2NCCCC3)cc1. The van der Waals surface area contributed by atoms with Gasteiger partial charge in [0, 0.05) is 17.7 Å². The van der Waals surface area contributed by atoms with Gasteiger partial charge in [0.1, 0.15) is 17.3 Å². The van der Waals surface area contributed by atoms with Gasteiger partial charge in [0.25, 0.3) is 0 Å². The summed E-state index contributed by atoms with van der Waals surface area (Å²) in [4.78, 5) is 0. The van der Waals surface area contributed by atoms with E-state index in [1.807, 2.05) is 22.9 Å². The normalized spacial score (nSPS) is 13.9. The molecule has 0 amide bonds. The monoisotopic (exact) mass is 375 g/mol. The summed E-state index contributed by atoms with van der Waals surface area (Å²) in [6, 6.07) is 11.7. The Labute approximate surface area is 155 Å². The van der Waals surface area contributed by atoms with Gasteiger partial charge in [0.2, 0.25) is 0 Å². The van der Waals surface area contributed by atoms with Gasteiger partial charge in [-0.2, -0.15) is 5.10 Å². The molecule has 0 radical (unpaired) electrons. The zero-order valence-corrected chi connectivity index (χ0v) is 14.9. The number of nitrogens with zero attached hydrogens (tertiary/aromatic N) is 2. The molecule has 1 aliphatic rings. The van der Waals surface area contributed by atoms with E-state index < -0.39 is 0 Å². The van der Waals surface area contributed by atoms with Crippen LogP contribution in [-0.4, -0.2) is 16.3 Å². The van der Waals surface area contributed by atoms with Crippen LogP contribution in [0.15, 0.2) is 42.5 Å². The van der Waals surface area contributed by atoms with E-state index in [0.29, 0.717) is 10.0 Å². The predicted molar refractivity (Wildman–Crippen MR) is 100 cm³/mol. The van der Waals surface area contributed by atoms with E-state index in [1.54, 1.807) is 12.1 Å². The van der Waals surface area contributed by atoms with Gasteiger partial charge in [-0.05, 0) is 55.7 Å². The van der Waals surface area contributed by atoms with E-state index in [1.165, 1.54) is 12.1 Å². The third-order valence-corrected chi connectivity index (χ3v) is 5.03. The lowest BCUT2D eigenvalue weighted by atomic mass is 10.0. The van der Waals surface area contributed by atoms with Crippen molar-refractivity contribution >= 4 is 29.0 Å². The minimum atomic E-state index is -0.274. The Morgan fingerprint density at radius 3 is 2.44 bits per heavy atom. The molecular weight excluding hydrogens is 360 g/mol. The summed E-state index contributed by atoms with van der Waals surface area (Å²) < 4.78 is 15.1. The van der Waals surface area contributed by atoms with Gasteiger partial charge in [0.15, 0.2) is 0 Å². The molecule has 3 nitrogen and oxygen atoms in total. The number of aromatic nitrogens is 2. The molecule has 25 heavy (non-hydrogen) atoms. The maximum Gasteiger partial charge on any atom is 0.133 e. The molecule has 128 valence electrons. The van der Waals surface area contributed by atoms with Crippen LogP contribution in [0.25, 0.3) is 16.9 Å². The molecule has 0 unspecified atom stereocenters. The standard InChI is InChI=1S/C19H16Cl2FN3/c20-15-5-3-6-16(21)17(15)18-14-4-1-2-11-23-19(14)25(24-18)13-9-7-12(22)8-10-13/h3,5-10,23H,1-2,4,11H2. The molecular formula is C19H16Cl2FN3. The lowest BCUT2D eigenvalue weighted by Crippen LogP contribution is -2.07. The van der Waals surface area contributed by atoms with Crippen LogP contribution in [0.4, 0.5) is 10.2 Å². The molecule has 0 fully saturated rings. The van der Waals surface area contributed by atoms with E-state index in [-0.39, 0.29) is 5.82 Å². The first-order valence-electron chi connectivity index (χ1n) is 8.21. The molecule has 0 bridgehead atoms. The molecule has 1 N–H and O–H groups in total. The van der Waals surface area contributed by atoms with Crippen molar-refractivity contribution in [2.24, 2.45) is 0 Å². The molecule has 0 atom stereocenters. The number of nitrogens with one attached hydrogen (secondary N) is 1. The zero-order valence-electron chi connectivity index (χ0n) is 13.4. The fourth-order valence-corrected chi connectivity index (χ4v) is 3.77. The van der Waals surface area contributed by atoms with Gasteiger partial charge in [0.05, 0.1) is 15.7 Å². The van der Waals surface area contributed by atoms with Gasteiger partial charge in [-0.1, -0.05) is 29.3 Å². The van der Waals surface area contributed by atoms with Crippen molar-refractivity contribution < 1.29 is 4.39 Å². The molecule has 0 aliphatic carbocycles. The second-order valence-corrected chi connectivity index (χ2v) is 6.86. The van der Waals surface area contributed by atoms with Crippen LogP contribution in [0.3, 0.4) is 0 Å². The first-order chi connectivity index (χ1) is 12.1. The van der Waals surface area contributed by atoms with Crippen LogP contribution in [-0.2, 0) is 6.42 Å². The second-order valence-electron chi connectivity index (χ2n) is 6.04. The fraction of sp³-hybridized carbons (Fsp3) is 0.211. The molecule has 6 heteroatoms. The van der Waals surface area contributed by atoms with E-state index in [0.717, 1.165) is 54.1 Å². The highest BCUT2D eigenvalue weighted by Gasteiger charge is 2.24. The van der Waals surface area contributed by atoms with Gasteiger partial charge >= 0.3 is 0 Å². The van der Waals surface area contributed by atoms with Gasteiger partial charge in [-0.3, -0.25) is 0 Å². The van der Waals surface area contributed by atoms with Crippen molar-refractivity contribution in [3.05, 3.63) is 63.9 Å². The maximum absolute atomic E-state index is 13.3. The Balaban J connectivity index is 1.95. The van der Waals surface area contributed by atoms with Crippen LogP contribution in [0.1, 0.15) is 18.4 Å². The molecule has 1 aliphatic heterocycles. The summed E-state index contributed by atoms with van der Waals surface area (Å²) in [6.07, 6.45) is 3.03. The Kier molecular flexibility index (Phi) is 4.40. The quantitative estimate of drug-likeness (QED) is 0.619. The summed E-state index contributed by atoms with van der Waals surface area (Å²) in [5.74, 6) is 0.652. The van der Waals surface area contributed by atoms with Crippen molar-refractivity contribution in [2.45, 2.75) is 19.3 Å². The number of hydrogen-bond acceptors (Lipinski definition) is 2. The number of anilines is 1. The van der Waals surface area contributed by atoms with Crippen LogP contribution in [0.5, 0.6) is 0 Å². The van der Waals surface area contributed by atoms with Crippen molar-refractivity contribution in [2.75, 3.05) is 11.9 Å². The number of hydrogen-bond donors (Lipinski definition) is 1. The Hall–Kier alpha value is -2.04. The van der Waals surface area contributed by atoms with Crippen LogP contribution >= 0.6 is 23.2 Å². The highest BCUT2D eigenvalue weighted by molar-refractivity contribution is 6.39. The van der Waals surface area contributed by atoms with Gasteiger partial charge in [-0.25, -0.2) is 9.07 Å². The van der Waals surface area contributed by atoms with Crippen molar-refractivity contribution in [3.8, 4) is 16.9 Å². The molecule has 2 aromatic carbocycles. The number of rotatable bonds is 2. The van der Waals surface area contributed by atoms with Crippen LogP contribution < -0.4 is 5.32 Å². The summed E-state index contributed by atoms with van der Waals surface area (Å²) in [5.41, 5.74) is 3.41. The highest BCUT2D eigenvalue weighted by Crippen LogP contribution is 2.40. The lowest BCUT2D eigenvalue weighted by Gasteiger charge is -2.09. The van der Waals surface area contributed by atoms with E-state index in [2.05, 4.69) is 5.32 Å². The molecule has 2 heterocycles. The summed E-state index contributed by atoms with van der Waals surface area (Å²) in [6.45, 7) is 0.871. The molecule has 4 rings (SSSR count). The van der Waals surface area contributed by atoms with Crippen molar-refractivity contribution in [1.82, 2.24) is 9.78 Å². The average molecular weight is 376 g/mol. The van der Waals surface area contributed by atoms with Gasteiger partial charge in [-0.15, -0.1) is 0 Å². The fourth-order valence-electron chi connectivity index (χ4n) is 3.20. The first-order valence-corrected chi connectivity index (χ1v) is 8.97. The molecule has 0 saturated carbocycles. The molecule has 0 spiro atoms. The number of halogens is 3. The second kappa shape index (κ2) is 6.70. The smallest absolute Gasteiger partial charge is 0.133 e. The Morgan fingerprint density at radius 1 is 1.00 bits per heavy atom. The minimum absolute atomic E-state index is 0.274. The van der Waals surface area contributed by atoms with E-state index >= 15 is 0 Å². The summed E-state index contributed by atoms with van der Waals surface area (Å²) in [7, 11) is 0. The maximum atomic E-state index is 13.3. The minimum Gasteiger partial charge on any atom is -0.370 e. The van der Waals surface area contributed by atoms with Crippen LogP contribution in [0.2, 0.25) is 10.0 Å². The zero-order chi connectivity index (χ0) is 17.4. The predicted octanol–water partition coefficient (Wildman–Crippen LogP) is 5.73. The van der Waals surface area contributed by atoms with Gasteiger partial charge < -0.3 is 5.32 Å². The Bertz CT molecular complexity index is 899. The molecule has 3 aromatic rings. The summed E-state index contributed by atoms with van der Waals surface area (Å²) >= 11 is 12.8.